The first-order chi connectivity index (χ1) is 14.6. The van der Waals surface area contributed by atoms with E-state index in [1.165, 1.54) is 0 Å². The normalized spacial score (nSPS) is 15.8. The molecule has 1 aromatic heterocycles. The van der Waals surface area contributed by atoms with Crippen molar-refractivity contribution >= 4 is 11.8 Å². The second-order valence-corrected chi connectivity index (χ2v) is 7.80. The monoisotopic (exact) mass is 403 g/mol. The molecule has 5 nitrogen and oxygen atoms in total. The second-order valence-electron chi connectivity index (χ2n) is 7.80. The summed E-state index contributed by atoms with van der Waals surface area (Å²) in [5.74, 6) is 6.09. The Morgan fingerprint density at radius 1 is 1.17 bits per heavy atom. The SMILES string of the molecule is CN(CCc1ccccn1)C(=O)CC[C@@H]1CCCN(C(=O)C#Cc2ccccc2)C1. The highest BCUT2D eigenvalue weighted by Gasteiger charge is 2.23. The molecule has 0 aliphatic carbocycles. The Morgan fingerprint density at radius 3 is 2.73 bits per heavy atom. The van der Waals surface area contributed by atoms with Crippen LogP contribution in [-0.2, 0) is 16.0 Å². The first-order valence-corrected chi connectivity index (χ1v) is 10.6. The zero-order valence-electron chi connectivity index (χ0n) is 17.6. The molecule has 2 aromatic rings. The third-order valence-corrected chi connectivity index (χ3v) is 5.52. The van der Waals surface area contributed by atoms with Crippen molar-refractivity contribution in [3.8, 4) is 11.8 Å². The van der Waals surface area contributed by atoms with Crippen molar-refractivity contribution < 1.29 is 9.59 Å². The zero-order valence-corrected chi connectivity index (χ0v) is 17.6. The Hall–Kier alpha value is -3.13. The van der Waals surface area contributed by atoms with E-state index in [1.807, 2.05) is 60.5 Å². The summed E-state index contributed by atoms with van der Waals surface area (Å²) in [5, 5.41) is 0. The number of nitrogens with zero attached hydrogens (tertiary/aromatic N) is 3. The zero-order chi connectivity index (χ0) is 21.2. The summed E-state index contributed by atoms with van der Waals surface area (Å²) in [5.41, 5.74) is 1.84. The fraction of sp³-hybridized carbons (Fsp3) is 0.400. The predicted molar refractivity (Wildman–Crippen MR) is 117 cm³/mol. The van der Waals surface area contributed by atoms with E-state index in [9.17, 15) is 9.59 Å². The van der Waals surface area contributed by atoms with E-state index in [4.69, 9.17) is 0 Å². The molecule has 156 valence electrons. The first kappa shape index (κ1) is 21.6. The second kappa shape index (κ2) is 11.2. The molecule has 1 saturated heterocycles. The summed E-state index contributed by atoms with van der Waals surface area (Å²) in [6.07, 6.45) is 5.88. The third kappa shape index (κ3) is 6.73. The van der Waals surface area contributed by atoms with Crippen LogP contribution in [0.15, 0.2) is 54.7 Å². The van der Waals surface area contributed by atoms with Gasteiger partial charge in [0.1, 0.15) is 0 Å². The minimum absolute atomic E-state index is 0.123. The van der Waals surface area contributed by atoms with Gasteiger partial charge in [0.15, 0.2) is 0 Å². The Labute approximate surface area is 179 Å². The Kier molecular flexibility index (Phi) is 8.02. The largest absolute Gasteiger partial charge is 0.345 e. The van der Waals surface area contributed by atoms with Crippen LogP contribution in [0.5, 0.6) is 0 Å². The van der Waals surface area contributed by atoms with E-state index in [1.54, 1.807) is 11.1 Å². The van der Waals surface area contributed by atoms with Gasteiger partial charge in [-0.05, 0) is 49.4 Å². The van der Waals surface area contributed by atoms with Crippen LogP contribution >= 0.6 is 0 Å². The molecule has 1 atom stereocenters. The van der Waals surface area contributed by atoms with Crippen molar-refractivity contribution in [2.24, 2.45) is 5.92 Å². The van der Waals surface area contributed by atoms with Crippen LogP contribution in [0.25, 0.3) is 0 Å². The predicted octanol–water partition coefficient (Wildman–Crippen LogP) is 3.15. The van der Waals surface area contributed by atoms with Gasteiger partial charge >= 0.3 is 0 Å². The summed E-state index contributed by atoms with van der Waals surface area (Å²) >= 11 is 0. The van der Waals surface area contributed by atoms with Crippen LogP contribution in [0.3, 0.4) is 0 Å². The first-order valence-electron chi connectivity index (χ1n) is 10.6. The average Bonchev–Trinajstić information content (AvgIpc) is 2.81. The van der Waals surface area contributed by atoms with Gasteiger partial charge in [-0.25, -0.2) is 0 Å². The van der Waals surface area contributed by atoms with Gasteiger partial charge in [-0.2, -0.15) is 0 Å². The molecule has 0 radical (unpaired) electrons. The van der Waals surface area contributed by atoms with Crippen LogP contribution in [-0.4, -0.2) is 53.3 Å². The lowest BCUT2D eigenvalue weighted by Crippen LogP contribution is -2.39. The van der Waals surface area contributed by atoms with Crippen LogP contribution in [0.2, 0.25) is 0 Å². The molecular formula is C25H29N3O2. The van der Waals surface area contributed by atoms with Gasteiger partial charge in [0.2, 0.25) is 5.91 Å². The smallest absolute Gasteiger partial charge is 0.298 e. The van der Waals surface area contributed by atoms with Gasteiger partial charge in [-0.1, -0.05) is 30.2 Å². The maximum Gasteiger partial charge on any atom is 0.298 e. The van der Waals surface area contributed by atoms with Gasteiger partial charge in [0.05, 0.1) is 0 Å². The molecule has 1 fully saturated rings. The molecule has 0 N–H and O–H groups in total. The van der Waals surface area contributed by atoms with E-state index in [0.29, 0.717) is 25.4 Å². The van der Waals surface area contributed by atoms with Gasteiger partial charge in [0, 0.05) is 62.9 Å². The van der Waals surface area contributed by atoms with E-state index in [2.05, 4.69) is 16.8 Å². The van der Waals surface area contributed by atoms with Crippen LogP contribution in [0.1, 0.15) is 36.9 Å². The molecule has 30 heavy (non-hydrogen) atoms. The molecule has 1 aromatic carbocycles. The molecule has 5 heteroatoms. The number of amides is 2. The van der Waals surface area contributed by atoms with Crippen LogP contribution in [0, 0.1) is 17.8 Å². The van der Waals surface area contributed by atoms with E-state index in [-0.39, 0.29) is 11.8 Å². The molecule has 0 bridgehead atoms. The number of aromatic nitrogens is 1. The van der Waals surface area contributed by atoms with Crippen molar-refractivity contribution in [2.75, 3.05) is 26.7 Å². The number of carbonyl (C=O) groups excluding carboxylic acids is 2. The standard InChI is InChI=1S/C25H29N3O2/c1-27(19-16-23-11-5-6-17-26-23)24(29)14-13-22-10-7-18-28(20-22)25(30)15-12-21-8-3-2-4-9-21/h2-6,8-9,11,17,22H,7,10,13-14,16,18-20H2,1H3/t22-/m0/s1. The maximum atomic E-state index is 12.5. The minimum Gasteiger partial charge on any atom is -0.345 e. The van der Waals surface area contributed by atoms with E-state index >= 15 is 0 Å². The fourth-order valence-corrected chi connectivity index (χ4v) is 3.68. The maximum absolute atomic E-state index is 12.5. The lowest BCUT2D eigenvalue weighted by Gasteiger charge is -2.31. The summed E-state index contributed by atoms with van der Waals surface area (Å²) < 4.78 is 0. The van der Waals surface area contributed by atoms with Crippen LogP contribution < -0.4 is 0 Å². The number of benzene rings is 1. The lowest BCUT2D eigenvalue weighted by molar-refractivity contribution is -0.130. The highest BCUT2D eigenvalue weighted by molar-refractivity contribution is 5.94. The number of likely N-dealkylation sites (tertiary alicyclic amines) is 1. The van der Waals surface area contributed by atoms with Gasteiger partial charge < -0.3 is 9.80 Å². The number of likely N-dealkylation sites (N-methyl/N-ethyl adjacent to an activating group) is 1. The van der Waals surface area contributed by atoms with Crippen molar-refractivity contribution in [1.82, 2.24) is 14.8 Å². The molecule has 2 heterocycles. The van der Waals surface area contributed by atoms with E-state index < -0.39 is 0 Å². The van der Waals surface area contributed by atoms with Crippen molar-refractivity contribution in [3.05, 3.63) is 66.0 Å². The number of hydrogen-bond acceptors (Lipinski definition) is 3. The number of piperidine rings is 1. The molecule has 0 unspecified atom stereocenters. The highest BCUT2D eigenvalue weighted by Crippen LogP contribution is 2.21. The Balaban J connectivity index is 1.42. The van der Waals surface area contributed by atoms with Gasteiger partial charge in [-0.15, -0.1) is 0 Å². The Bertz CT molecular complexity index is 887. The van der Waals surface area contributed by atoms with E-state index in [0.717, 1.165) is 43.5 Å². The number of pyridine rings is 1. The van der Waals surface area contributed by atoms with Crippen molar-refractivity contribution in [2.45, 2.75) is 32.1 Å². The third-order valence-electron chi connectivity index (χ3n) is 5.52. The van der Waals surface area contributed by atoms with Gasteiger partial charge in [0.25, 0.3) is 5.91 Å². The Morgan fingerprint density at radius 2 is 1.97 bits per heavy atom. The van der Waals surface area contributed by atoms with Crippen LogP contribution in [0.4, 0.5) is 0 Å². The summed E-state index contributed by atoms with van der Waals surface area (Å²) in [4.78, 5) is 32.9. The van der Waals surface area contributed by atoms with Crippen molar-refractivity contribution in [3.63, 3.8) is 0 Å². The number of hydrogen-bond donors (Lipinski definition) is 0. The summed E-state index contributed by atoms with van der Waals surface area (Å²) in [6, 6.07) is 15.4. The molecule has 1 aliphatic rings. The molecule has 3 rings (SSSR count). The summed E-state index contributed by atoms with van der Waals surface area (Å²) in [6.45, 7) is 2.10. The lowest BCUT2D eigenvalue weighted by atomic mass is 9.93. The van der Waals surface area contributed by atoms with Crippen molar-refractivity contribution in [1.29, 1.82) is 0 Å². The molecule has 0 saturated carbocycles. The number of rotatable bonds is 6. The number of carbonyl (C=O) groups is 2. The average molecular weight is 404 g/mol. The van der Waals surface area contributed by atoms with Gasteiger partial charge in [-0.3, -0.25) is 14.6 Å². The molecular weight excluding hydrogens is 374 g/mol. The fourth-order valence-electron chi connectivity index (χ4n) is 3.68. The summed E-state index contributed by atoms with van der Waals surface area (Å²) in [7, 11) is 1.85. The molecule has 1 aliphatic heterocycles. The highest BCUT2D eigenvalue weighted by atomic mass is 16.2. The molecule has 0 spiro atoms. The quantitative estimate of drug-likeness (QED) is 0.697. The molecule has 2 amide bonds. The topological polar surface area (TPSA) is 53.5 Å². The minimum atomic E-state index is -0.123.